The molecule has 1 aliphatic rings. The summed E-state index contributed by atoms with van der Waals surface area (Å²) in [6.45, 7) is 3.99. The minimum atomic E-state index is -0.00315. The predicted molar refractivity (Wildman–Crippen MR) is 66.1 cm³/mol. The number of nitrogens with one attached hydrogen (secondary N) is 1. The number of amides is 1. The molecule has 0 aromatic carbocycles. The van der Waals surface area contributed by atoms with Gasteiger partial charge in [-0.2, -0.15) is 0 Å². The molecule has 1 aromatic heterocycles. The first-order chi connectivity index (χ1) is 8.22. The van der Waals surface area contributed by atoms with E-state index in [0.29, 0.717) is 11.8 Å². The zero-order valence-corrected chi connectivity index (χ0v) is 10.5. The number of hydrogen-bond donors (Lipinski definition) is 1. The Bertz CT molecular complexity index is 381. The SMILES string of the molecule is CCc1ccc(C(=O)N(C)C2CCNCC2)o1. The maximum atomic E-state index is 12.2. The molecule has 2 heterocycles. The van der Waals surface area contributed by atoms with Crippen LogP contribution in [-0.2, 0) is 6.42 Å². The fraction of sp³-hybridized carbons (Fsp3) is 0.615. The Hall–Kier alpha value is -1.29. The largest absolute Gasteiger partial charge is 0.456 e. The van der Waals surface area contributed by atoms with Crippen molar-refractivity contribution < 1.29 is 9.21 Å². The molecule has 0 atom stereocenters. The van der Waals surface area contributed by atoms with E-state index in [1.54, 1.807) is 6.07 Å². The van der Waals surface area contributed by atoms with Gasteiger partial charge in [0.25, 0.3) is 5.91 Å². The van der Waals surface area contributed by atoms with Crippen molar-refractivity contribution in [2.24, 2.45) is 0 Å². The van der Waals surface area contributed by atoms with E-state index in [2.05, 4.69) is 5.32 Å². The van der Waals surface area contributed by atoms with Crippen molar-refractivity contribution in [2.45, 2.75) is 32.2 Å². The van der Waals surface area contributed by atoms with E-state index >= 15 is 0 Å². The molecule has 1 fully saturated rings. The van der Waals surface area contributed by atoms with Gasteiger partial charge in [0.2, 0.25) is 0 Å². The standard InChI is InChI=1S/C13H20N2O2/c1-3-11-4-5-12(17-11)13(16)15(2)10-6-8-14-9-7-10/h4-5,10,14H,3,6-9H2,1-2H3. The van der Waals surface area contributed by atoms with Crippen LogP contribution < -0.4 is 5.32 Å². The van der Waals surface area contributed by atoms with Gasteiger partial charge in [-0.1, -0.05) is 6.92 Å². The second-order valence-corrected chi connectivity index (χ2v) is 4.52. The van der Waals surface area contributed by atoms with Crippen molar-refractivity contribution in [1.29, 1.82) is 0 Å². The predicted octanol–water partition coefficient (Wildman–Crippen LogP) is 1.67. The number of piperidine rings is 1. The molecule has 0 radical (unpaired) electrons. The van der Waals surface area contributed by atoms with E-state index in [4.69, 9.17) is 4.42 Å². The fourth-order valence-electron chi connectivity index (χ4n) is 2.22. The lowest BCUT2D eigenvalue weighted by atomic mass is 10.1. The van der Waals surface area contributed by atoms with Gasteiger partial charge in [-0.15, -0.1) is 0 Å². The average Bonchev–Trinajstić information content (AvgIpc) is 2.87. The van der Waals surface area contributed by atoms with Gasteiger partial charge in [0.15, 0.2) is 5.76 Å². The summed E-state index contributed by atoms with van der Waals surface area (Å²) in [4.78, 5) is 14.0. The van der Waals surface area contributed by atoms with E-state index in [1.807, 2.05) is 24.9 Å². The Kier molecular flexibility index (Phi) is 3.84. The van der Waals surface area contributed by atoms with Crippen molar-refractivity contribution >= 4 is 5.91 Å². The van der Waals surface area contributed by atoms with Crippen LogP contribution in [0.2, 0.25) is 0 Å². The second kappa shape index (κ2) is 5.36. The van der Waals surface area contributed by atoms with Gasteiger partial charge < -0.3 is 14.6 Å². The highest BCUT2D eigenvalue weighted by Gasteiger charge is 2.24. The topological polar surface area (TPSA) is 45.5 Å². The maximum absolute atomic E-state index is 12.2. The summed E-state index contributed by atoms with van der Waals surface area (Å²) in [6.07, 6.45) is 2.86. The summed E-state index contributed by atoms with van der Waals surface area (Å²) in [6, 6.07) is 3.99. The zero-order chi connectivity index (χ0) is 12.3. The van der Waals surface area contributed by atoms with Crippen molar-refractivity contribution in [3.8, 4) is 0 Å². The third-order valence-electron chi connectivity index (χ3n) is 3.40. The Morgan fingerprint density at radius 3 is 2.76 bits per heavy atom. The van der Waals surface area contributed by atoms with Crippen LogP contribution in [0.4, 0.5) is 0 Å². The van der Waals surface area contributed by atoms with Gasteiger partial charge in [-0.25, -0.2) is 0 Å². The Labute approximate surface area is 102 Å². The van der Waals surface area contributed by atoms with Crippen LogP contribution in [0.25, 0.3) is 0 Å². The number of nitrogens with zero attached hydrogens (tertiary/aromatic N) is 1. The summed E-state index contributed by atoms with van der Waals surface area (Å²) in [5, 5.41) is 3.30. The average molecular weight is 236 g/mol. The van der Waals surface area contributed by atoms with Gasteiger partial charge in [-0.3, -0.25) is 4.79 Å². The third-order valence-corrected chi connectivity index (χ3v) is 3.40. The lowest BCUT2D eigenvalue weighted by Gasteiger charge is -2.31. The summed E-state index contributed by atoms with van der Waals surface area (Å²) in [7, 11) is 1.87. The summed E-state index contributed by atoms with van der Waals surface area (Å²) in [5.74, 6) is 1.33. The number of carbonyl (C=O) groups excluding carboxylic acids is 1. The summed E-state index contributed by atoms with van der Waals surface area (Å²) in [5.41, 5.74) is 0. The first-order valence-corrected chi connectivity index (χ1v) is 6.29. The summed E-state index contributed by atoms with van der Waals surface area (Å²) < 4.78 is 5.50. The number of aryl methyl sites for hydroxylation is 1. The van der Waals surface area contributed by atoms with Crippen molar-refractivity contribution in [2.75, 3.05) is 20.1 Å². The Morgan fingerprint density at radius 2 is 2.18 bits per heavy atom. The maximum Gasteiger partial charge on any atom is 0.289 e. The Morgan fingerprint density at radius 1 is 1.47 bits per heavy atom. The molecular formula is C13H20N2O2. The van der Waals surface area contributed by atoms with Crippen LogP contribution >= 0.6 is 0 Å². The molecule has 1 N–H and O–H groups in total. The zero-order valence-electron chi connectivity index (χ0n) is 10.5. The van der Waals surface area contributed by atoms with Crippen LogP contribution in [0.5, 0.6) is 0 Å². The van der Waals surface area contributed by atoms with Gasteiger partial charge in [-0.05, 0) is 38.1 Å². The molecule has 1 saturated heterocycles. The number of furan rings is 1. The van der Waals surface area contributed by atoms with Gasteiger partial charge >= 0.3 is 0 Å². The fourth-order valence-corrected chi connectivity index (χ4v) is 2.22. The molecule has 4 nitrogen and oxygen atoms in total. The molecule has 1 aliphatic heterocycles. The molecule has 0 spiro atoms. The van der Waals surface area contributed by atoms with E-state index in [0.717, 1.165) is 38.1 Å². The van der Waals surface area contributed by atoms with E-state index in [9.17, 15) is 4.79 Å². The monoisotopic (exact) mass is 236 g/mol. The third kappa shape index (κ3) is 2.69. The first-order valence-electron chi connectivity index (χ1n) is 6.29. The van der Waals surface area contributed by atoms with E-state index in [1.165, 1.54) is 0 Å². The van der Waals surface area contributed by atoms with Crippen molar-refractivity contribution in [3.05, 3.63) is 23.7 Å². The van der Waals surface area contributed by atoms with Gasteiger partial charge in [0.05, 0.1) is 0 Å². The summed E-state index contributed by atoms with van der Waals surface area (Å²) >= 11 is 0. The van der Waals surface area contributed by atoms with Crippen molar-refractivity contribution in [3.63, 3.8) is 0 Å². The Balaban J connectivity index is 2.02. The molecule has 2 rings (SSSR count). The quantitative estimate of drug-likeness (QED) is 0.868. The highest BCUT2D eigenvalue weighted by Crippen LogP contribution is 2.16. The minimum Gasteiger partial charge on any atom is -0.456 e. The molecular weight excluding hydrogens is 216 g/mol. The highest BCUT2D eigenvalue weighted by atomic mass is 16.4. The van der Waals surface area contributed by atoms with E-state index in [-0.39, 0.29) is 5.91 Å². The normalized spacial score (nSPS) is 17.1. The number of carbonyl (C=O) groups is 1. The molecule has 1 amide bonds. The van der Waals surface area contributed by atoms with Crippen LogP contribution in [0.15, 0.2) is 16.5 Å². The minimum absolute atomic E-state index is 0.00315. The molecule has 0 saturated carbocycles. The van der Waals surface area contributed by atoms with Crippen molar-refractivity contribution in [1.82, 2.24) is 10.2 Å². The first kappa shape index (κ1) is 12.2. The number of rotatable bonds is 3. The van der Waals surface area contributed by atoms with Crippen LogP contribution in [0.1, 0.15) is 36.1 Å². The lowest BCUT2D eigenvalue weighted by molar-refractivity contribution is 0.0669. The molecule has 0 bridgehead atoms. The molecule has 17 heavy (non-hydrogen) atoms. The molecule has 4 heteroatoms. The van der Waals surface area contributed by atoms with Crippen LogP contribution in [-0.4, -0.2) is 37.0 Å². The van der Waals surface area contributed by atoms with Crippen LogP contribution in [0, 0.1) is 0 Å². The lowest BCUT2D eigenvalue weighted by Crippen LogP contribution is -2.43. The molecule has 0 aliphatic carbocycles. The molecule has 0 unspecified atom stereocenters. The number of hydrogen-bond acceptors (Lipinski definition) is 3. The van der Waals surface area contributed by atoms with E-state index < -0.39 is 0 Å². The molecule has 94 valence electrons. The second-order valence-electron chi connectivity index (χ2n) is 4.52. The van der Waals surface area contributed by atoms with Crippen LogP contribution in [0.3, 0.4) is 0 Å². The van der Waals surface area contributed by atoms with Gasteiger partial charge in [0.1, 0.15) is 5.76 Å². The highest BCUT2D eigenvalue weighted by molar-refractivity contribution is 5.91. The van der Waals surface area contributed by atoms with Gasteiger partial charge in [0, 0.05) is 19.5 Å². The molecule has 1 aromatic rings. The smallest absolute Gasteiger partial charge is 0.289 e.